The van der Waals surface area contributed by atoms with Crippen molar-refractivity contribution < 1.29 is 4.74 Å². The van der Waals surface area contributed by atoms with Crippen molar-refractivity contribution in [3.05, 3.63) is 48.0 Å². The predicted molar refractivity (Wildman–Crippen MR) is 104 cm³/mol. The standard InChI is InChI=1S/C16H22N4O.3ClH/c1-19-9-8-18-16(19)13-21-15-4-2-14(3-5-15)12-20-10-6-17-7-11-20;;;/h2-5,8-9,17H,6-7,10-13H2,1H3;3*1H. The van der Waals surface area contributed by atoms with Crippen molar-refractivity contribution in [2.24, 2.45) is 7.05 Å². The van der Waals surface area contributed by atoms with Crippen LogP contribution >= 0.6 is 37.2 Å². The van der Waals surface area contributed by atoms with Crippen molar-refractivity contribution in [3.8, 4) is 5.75 Å². The van der Waals surface area contributed by atoms with Crippen LogP contribution < -0.4 is 10.1 Å². The van der Waals surface area contributed by atoms with E-state index in [1.54, 1.807) is 6.20 Å². The molecule has 0 aliphatic carbocycles. The Morgan fingerprint density at radius 3 is 2.33 bits per heavy atom. The van der Waals surface area contributed by atoms with Crippen molar-refractivity contribution in [1.29, 1.82) is 0 Å². The van der Waals surface area contributed by atoms with E-state index >= 15 is 0 Å². The van der Waals surface area contributed by atoms with E-state index < -0.39 is 0 Å². The Bertz CT molecular complexity index is 571. The number of benzene rings is 1. The zero-order chi connectivity index (χ0) is 14.5. The van der Waals surface area contributed by atoms with Gasteiger partial charge in [0.25, 0.3) is 0 Å². The molecular formula is C16H25Cl3N4O. The summed E-state index contributed by atoms with van der Waals surface area (Å²) in [4.78, 5) is 6.72. The summed E-state index contributed by atoms with van der Waals surface area (Å²) in [5.41, 5.74) is 1.33. The number of imidazole rings is 1. The molecule has 0 bridgehead atoms. The topological polar surface area (TPSA) is 42.3 Å². The number of aromatic nitrogens is 2. The van der Waals surface area contributed by atoms with Crippen LogP contribution in [0.1, 0.15) is 11.4 Å². The van der Waals surface area contributed by atoms with Gasteiger partial charge in [-0.15, -0.1) is 37.2 Å². The summed E-state index contributed by atoms with van der Waals surface area (Å²) in [5.74, 6) is 1.82. The molecule has 2 aromatic rings. The number of piperazine rings is 1. The zero-order valence-corrected chi connectivity index (χ0v) is 16.1. The summed E-state index contributed by atoms with van der Waals surface area (Å²) >= 11 is 0. The molecule has 136 valence electrons. The second-order valence-electron chi connectivity index (χ2n) is 5.41. The van der Waals surface area contributed by atoms with Crippen LogP contribution in [0.25, 0.3) is 0 Å². The van der Waals surface area contributed by atoms with Crippen LogP contribution in [0, 0.1) is 0 Å². The Morgan fingerprint density at radius 1 is 1.08 bits per heavy atom. The van der Waals surface area contributed by atoms with E-state index in [-0.39, 0.29) is 37.2 Å². The van der Waals surface area contributed by atoms with E-state index in [0.29, 0.717) is 6.61 Å². The third-order valence-electron chi connectivity index (χ3n) is 3.83. The minimum absolute atomic E-state index is 0. The van der Waals surface area contributed by atoms with Crippen LogP contribution in [-0.4, -0.2) is 40.6 Å². The number of halogens is 3. The summed E-state index contributed by atoms with van der Waals surface area (Å²) < 4.78 is 7.74. The van der Waals surface area contributed by atoms with Crippen LogP contribution in [0.2, 0.25) is 0 Å². The molecule has 1 fully saturated rings. The van der Waals surface area contributed by atoms with Gasteiger partial charge in [0, 0.05) is 52.2 Å². The van der Waals surface area contributed by atoms with Gasteiger partial charge < -0.3 is 14.6 Å². The molecule has 1 aliphatic heterocycles. The van der Waals surface area contributed by atoms with Crippen LogP contribution in [-0.2, 0) is 20.2 Å². The number of rotatable bonds is 5. The molecule has 8 heteroatoms. The van der Waals surface area contributed by atoms with Gasteiger partial charge in [0.2, 0.25) is 0 Å². The fourth-order valence-corrected chi connectivity index (χ4v) is 2.50. The molecule has 2 heterocycles. The van der Waals surface area contributed by atoms with Crippen molar-refractivity contribution >= 4 is 37.2 Å². The lowest BCUT2D eigenvalue weighted by Gasteiger charge is -2.27. The smallest absolute Gasteiger partial charge is 0.146 e. The van der Waals surface area contributed by atoms with E-state index in [4.69, 9.17) is 4.74 Å². The van der Waals surface area contributed by atoms with Crippen molar-refractivity contribution in [3.63, 3.8) is 0 Å². The van der Waals surface area contributed by atoms with E-state index in [1.807, 2.05) is 29.9 Å². The predicted octanol–water partition coefficient (Wildman–Crippen LogP) is 2.67. The largest absolute Gasteiger partial charge is 0.486 e. The average molecular weight is 396 g/mol. The van der Waals surface area contributed by atoms with E-state index in [1.165, 1.54) is 5.56 Å². The van der Waals surface area contributed by atoms with Gasteiger partial charge in [0.05, 0.1) is 0 Å². The van der Waals surface area contributed by atoms with Gasteiger partial charge in [-0.3, -0.25) is 4.90 Å². The Kier molecular flexibility index (Phi) is 11.1. The second-order valence-corrected chi connectivity index (χ2v) is 5.41. The van der Waals surface area contributed by atoms with Gasteiger partial charge in [0.1, 0.15) is 18.2 Å². The molecule has 1 aromatic heterocycles. The summed E-state index contributed by atoms with van der Waals surface area (Å²) in [6, 6.07) is 8.38. The summed E-state index contributed by atoms with van der Waals surface area (Å²) in [7, 11) is 1.97. The zero-order valence-electron chi connectivity index (χ0n) is 13.7. The van der Waals surface area contributed by atoms with Crippen LogP contribution in [0.5, 0.6) is 5.75 Å². The number of ether oxygens (including phenoxy) is 1. The second kappa shape index (κ2) is 11.6. The maximum atomic E-state index is 5.77. The molecule has 0 radical (unpaired) electrons. The Balaban J connectivity index is 0.00000176. The maximum Gasteiger partial charge on any atom is 0.146 e. The first-order valence-electron chi connectivity index (χ1n) is 7.42. The van der Waals surface area contributed by atoms with Gasteiger partial charge in [-0.1, -0.05) is 12.1 Å². The SMILES string of the molecule is Cl.Cl.Cl.Cn1ccnc1COc1ccc(CN2CCNCC2)cc1. The Morgan fingerprint density at radius 2 is 1.75 bits per heavy atom. The molecule has 1 N–H and O–H groups in total. The monoisotopic (exact) mass is 394 g/mol. The third-order valence-corrected chi connectivity index (χ3v) is 3.83. The normalized spacial score (nSPS) is 14.0. The van der Waals surface area contributed by atoms with Gasteiger partial charge in [0.15, 0.2) is 0 Å². The van der Waals surface area contributed by atoms with Crippen LogP contribution in [0.3, 0.4) is 0 Å². The van der Waals surface area contributed by atoms with Crippen molar-refractivity contribution in [2.45, 2.75) is 13.2 Å². The molecule has 0 amide bonds. The van der Waals surface area contributed by atoms with Gasteiger partial charge in [-0.25, -0.2) is 4.98 Å². The summed E-state index contributed by atoms with van der Waals surface area (Å²) in [6.45, 7) is 5.94. The summed E-state index contributed by atoms with van der Waals surface area (Å²) in [5, 5.41) is 3.37. The summed E-state index contributed by atoms with van der Waals surface area (Å²) in [6.07, 6.45) is 3.71. The molecule has 0 saturated carbocycles. The van der Waals surface area contributed by atoms with Crippen LogP contribution in [0.4, 0.5) is 0 Å². The average Bonchev–Trinajstić information content (AvgIpc) is 2.93. The van der Waals surface area contributed by atoms with Crippen molar-refractivity contribution in [1.82, 2.24) is 19.8 Å². The van der Waals surface area contributed by atoms with Crippen molar-refractivity contribution in [2.75, 3.05) is 26.2 Å². The number of aryl methyl sites for hydroxylation is 1. The minimum Gasteiger partial charge on any atom is -0.486 e. The maximum absolute atomic E-state index is 5.77. The van der Waals surface area contributed by atoms with Gasteiger partial charge in [-0.05, 0) is 17.7 Å². The molecule has 0 unspecified atom stereocenters. The first kappa shape index (κ1) is 23.0. The minimum atomic E-state index is 0. The molecule has 0 atom stereocenters. The molecule has 0 spiro atoms. The molecule has 1 aliphatic rings. The molecule has 5 nitrogen and oxygen atoms in total. The number of hydrogen-bond donors (Lipinski definition) is 1. The third kappa shape index (κ3) is 6.49. The van der Waals surface area contributed by atoms with E-state index in [9.17, 15) is 0 Å². The first-order chi connectivity index (χ1) is 10.3. The highest BCUT2D eigenvalue weighted by atomic mass is 35.5. The highest BCUT2D eigenvalue weighted by Gasteiger charge is 2.09. The lowest BCUT2D eigenvalue weighted by Crippen LogP contribution is -2.42. The molecule has 1 saturated heterocycles. The number of hydrogen-bond acceptors (Lipinski definition) is 4. The lowest BCUT2D eigenvalue weighted by atomic mass is 10.2. The molecule has 24 heavy (non-hydrogen) atoms. The molecule has 1 aromatic carbocycles. The fraction of sp³-hybridized carbons (Fsp3) is 0.438. The number of nitrogens with one attached hydrogen (secondary N) is 1. The number of nitrogens with zero attached hydrogens (tertiary/aromatic N) is 3. The fourth-order valence-electron chi connectivity index (χ4n) is 2.50. The van der Waals surface area contributed by atoms with E-state index in [0.717, 1.165) is 44.3 Å². The Labute approximate surface area is 162 Å². The highest BCUT2D eigenvalue weighted by molar-refractivity contribution is 5.86. The highest BCUT2D eigenvalue weighted by Crippen LogP contribution is 2.15. The van der Waals surface area contributed by atoms with Gasteiger partial charge in [-0.2, -0.15) is 0 Å². The first-order valence-corrected chi connectivity index (χ1v) is 7.42. The molecule has 3 rings (SSSR count). The Hall–Kier alpha value is -0.980. The quantitative estimate of drug-likeness (QED) is 0.845. The lowest BCUT2D eigenvalue weighted by molar-refractivity contribution is 0.233. The van der Waals surface area contributed by atoms with Gasteiger partial charge >= 0.3 is 0 Å². The van der Waals surface area contributed by atoms with Crippen LogP contribution in [0.15, 0.2) is 36.7 Å². The molecular weight excluding hydrogens is 371 g/mol. The van der Waals surface area contributed by atoms with E-state index in [2.05, 4.69) is 27.3 Å².